The Bertz CT molecular complexity index is 463. The molecule has 3 N–H and O–H groups in total. The second-order valence-corrected chi connectivity index (χ2v) is 5.71. The Hall–Kier alpha value is -1.56. The van der Waals surface area contributed by atoms with Crippen molar-refractivity contribution in [2.75, 3.05) is 30.4 Å². The predicted molar refractivity (Wildman–Crippen MR) is 77.9 cm³/mol. The second-order valence-electron chi connectivity index (χ2n) is 3.84. The van der Waals surface area contributed by atoms with Gasteiger partial charge in [0.25, 0.3) is 5.91 Å². The fourth-order valence-electron chi connectivity index (χ4n) is 1.58. The van der Waals surface area contributed by atoms with Crippen LogP contribution >= 0.6 is 0 Å². The minimum atomic E-state index is -0.891. The smallest absolute Gasteiger partial charge is 0.257 e. The van der Waals surface area contributed by atoms with Gasteiger partial charge in [0.15, 0.2) is 0 Å². The molecule has 1 aromatic carbocycles. The van der Waals surface area contributed by atoms with E-state index < -0.39 is 10.8 Å². The Morgan fingerprint density at radius 2 is 2.16 bits per heavy atom. The molecular weight excluding hydrogens is 264 g/mol. The molecule has 0 aliphatic carbocycles. The summed E-state index contributed by atoms with van der Waals surface area (Å²) in [7, 11) is -0.891. The Labute approximate surface area is 116 Å². The fourth-order valence-corrected chi connectivity index (χ4v) is 2.20. The van der Waals surface area contributed by atoms with Crippen molar-refractivity contribution in [2.45, 2.75) is 13.8 Å². The molecule has 0 bridgehead atoms. The van der Waals surface area contributed by atoms with Gasteiger partial charge >= 0.3 is 0 Å². The number of hydrogen-bond donors (Lipinski definition) is 2. The molecule has 1 atom stereocenters. The third kappa shape index (κ3) is 4.55. The lowest BCUT2D eigenvalue weighted by Crippen LogP contribution is -2.29. The van der Waals surface area contributed by atoms with Crippen LogP contribution in [-0.2, 0) is 10.8 Å². The van der Waals surface area contributed by atoms with Crippen molar-refractivity contribution in [3.05, 3.63) is 23.8 Å². The van der Waals surface area contributed by atoms with Crippen LogP contribution in [0.5, 0.6) is 5.75 Å². The molecule has 1 unspecified atom stereocenters. The maximum absolute atomic E-state index is 12.1. The summed E-state index contributed by atoms with van der Waals surface area (Å²) in [5, 5.41) is 2.71. The monoisotopic (exact) mass is 284 g/mol. The van der Waals surface area contributed by atoms with Crippen molar-refractivity contribution in [3.8, 4) is 5.75 Å². The maximum atomic E-state index is 12.1. The number of carbonyl (C=O) groups excluding carboxylic acids is 1. The summed E-state index contributed by atoms with van der Waals surface area (Å²) < 4.78 is 16.7. The van der Waals surface area contributed by atoms with Gasteiger partial charge in [0.1, 0.15) is 11.3 Å². The summed E-state index contributed by atoms with van der Waals surface area (Å²) in [6.07, 6.45) is 0. The number of ether oxygens (including phenoxy) is 1. The van der Waals surface area contributed by atoms with E-state index in [0.717, 1.165) is 0 Å². The predicted octanol–water partition coefficient (Wildman–Crippen LogP) is 1.17. The summed E-state index contributed by atoms with van der Waals surface area (Å²) in [5.41, 5.74) is 6.52. The highest BCUT2D eigenvalue weighted by Gasteiger charge is 2.15. The highest BCUT2D eigenvalue weighted by atomic mass is 32.2. The number of anilines is 1. The van der Waals surface area contributed by atoms with Crippen LogP contribution in [0.2, 0.25) is 0 Å². The van der Waals surface area contributed by atoms with Crippen molar-refractivity contribution in [1.29, 1.82) is 0 Å². The molecule has 0 saturated heterocycles. The number of benzene rings is 1. The highest BCUT2D eigenvalue weighted by molar-refractivity contribution is 7.84. The summed E-state index contributed by atoms with van der Waals surface area (Å²) in [6.45, 7) is 4.51. The Balaban J connectivity index is 2.73. The first-order valence-electron chi connectivity index (χ1n) is 6.24. The van der Waals surface area contributed by atoms with Gasteiger partial charge in [-0.3, -0.25) is 9.00 Å². The molecule has 106 valence electrons. The van der Waals surface area contributed by atoms with E-state index in [1.54, 1.807) is 18.2 Å². The van der Waals surface area contributed by atoms with Crippen LogP contribution in [0.25, 0.3) is 0 Å². The summed E-state index contributed by atoms with van der Waals surface area (Å²) in [4.78, 5) is 12.1. The van der Waals surface area contributed by atoms with Gasteiger partial charge in [0.05, 0.1) is 6.61 Å². The Morgan fingerprint density at radius 3 is 2.79 bits per heavy atom. The van der Waals surface area contributed by atoms with E-state index in [0.29, 0.717) is 41.7 Å². The first-order valence-corrected chi connectivity index (χ1v) is 7.73. The van der Waals surface area contributed by atoms with E-state index in [1.165, 1.54) is 0 Å². The van der Waals surface area contributed by atoms with E-state index in [4.69, 9.17) is 10.5 Å². The quantitative estimate of drug-likeness (QED) is 0.736. The summed E-state index contributed by atoms with van der Waals surface area (Å²) in [5.74, 6) is 1.21. The van der Waals surface area contributed by atoms with Crippen LogP contribution in [-0.4, -0.2) is 34.8 Å². The van der Waals surface area contributed by atoms with Crippen molar-refractivity contribution in [2.24, 2.45) is 0 Å². The first kappa shape index (κ1) is 15.5. The number of rotatable bonds is 7. The third-order valence-corrected chi connectivity index (χ3v) is 3.83. The molecule has 0 saturated carbocycles. The molecule has 1 aromatic rings. The number of nitrogen functional groups attached to an aromatic ring is 1. The fraction of sp³-hybridized carbons (Fsp3) is 0.462. The average molecular weight is 284 g/mol. The minimum absolute atomic E-state index is 0.297. The molecule has 0 spiro atoms. The number of amides is 1. The van der Waals surface area contributed by atoms with Gasteiger partial charge in [0.2, 0.25) is 0 Å². The Kier molecular flexibility index (Phi) is 6.35. The minimum Gasteiger partial charge on any atom is -0.493 e. The van der Waals surface area contributed by atoms with Gasteiger partial charge in [-0.05, 0) is 19.1 Å². The second kappa shape index (κ2) is 7.78. The van der Waals surface area contributed by atoms with Crippen molar-refractivity contribution >= 4 is 22.4 Å². The van der Waals surface area contributed by atoms with Gasteiger partial charge in [-0.15, -0.1) is 0 Å². The lowest BCUT2D eigenvalue weighted by Gasteiger charge is -2.12. The van der Waals surface area contributed by atoms with Gasteiger partial charge in [-0.25, -0.2) is 0 Å². The van der Waals surface area contributed by atoms with Gasteiger partial charge in [-0.1, -0.05) is 13.0 Å². The molecule has 1 rings (SSSR count). The van der Waals surface area contributed by atoms with Crippen molar-refractivity contribution in [3.63, 3.8) is 0 Å². The van der Waals surface area contributed by atoms with Gasteiger partial charge in [0, 0.05) is 34.5 Å². The number of nitrogens with two attached hydrogens (primary N) is 1. The van der Waals surface area contributed by atoms with E-state index in [9.17, 15) is 9.00 Å². The molecule has 6 heteroatoms. The van der Waals surface area contributed by atoms with Crippen molar-refractivity contribution < 1.29 is 13.7 Å². The SMILES string of the molecule is CCOc1cccc(N)c1C(=O)NCCS(=O)CC. The maximum Gasteiger partial charge on any atom is 0.257 e. The molecule has 19 heavy (non-hydrogen) atoms. The largest absolute Gasteiger partial charge is 0.493 e. The molecular formula is C13H20N2O3S. The standard InChI is InChI=1S/C13H20N2O3S/c1-3-18-11-7-5-6-10(14)12(11)13(16)15-8-9-19(17)4-2/h5-7H,3-4,8-9,14H2,1-2H3,(H,15,16). The highest BCUT2D eigenvalue weighted by Crippen LogP contribution is 2.24. The molecule has 0 aliphatic rings. The number of hydrogen-bond acceptors (Lipinski definition) is 4. The zero-order valence-corrected chi connectivity index (χ0v) is 12.1. The number of nitrogens with one attached hydrogen (secondary N) is 1. The zero-order chi connectivity index (χ0) is 14.3. The summed E-state index contributed by atoms with van der Waals surface area (Å²) in [6, 6.07) is 5.10. The third-order valence-electron chi connectivity index (χ3n) is 2.52. The molecule has 0 aromatic heterocycles. The van der Waals surface area contributed by atoms with E-state index in [2.05, 4.69) is 5.32 Å². The topological polar surface area (TPSA) is 81.4 Å². The average Bonchev–Trinajstić information content (AvgIpc) is 2.38. The van der Waals surface area contributed by atoms with E-state index >= 15 is 0 Å². The van der Waals surface area contributed by atoms with Gasteiger partial charge < -0.3 is 15.8 Å². The van der Waals surface area contributed by atoms with Crippen LogP contribution in [0.3, 0.4) is 0 Å². The van der Waals surface area contributed by atoms with Crippen LogP contribution in [0.1, 0.15) is 24.2 Å². The Morgan fingerprint density at radius 1 is 1.42 bits per heavy atom. The molecule has 0 aliphatic heterocycles. The molecule has 0 fully saturated rings. The number of carbonyl (C=O) groups is 1. The normalized spacial score (nSPS) is 11.9. The molecule has 5 nitrogen and oxygen atoms in total. The van der Waals surface area contributed by atoms with E-state index in [1.807, 2.05) is 13.8 Å². The van der Waals surface area contributed by atoms with Crippen LogP contribution in [0, 0.1) is 0 Å². The molecule has 0 radical (unpaired) electrons. The molecule has 1 amide bonds. The van der Waals surface area contributed by atoms with Crippen molar-refractivity contribution in [1.82, 2.24) is 5.32 Å². The summed E-state index contributed by atoms with van der Waals surface area (Å²) >= 11 is 0. The van der Waals surface area contributed by atoms with Crippen LogP contribution in [0.15, 0.2) is 18.2 Å². The van der Waals surface area contributed by atoms with Crippen LogP contribution < -0.4 is 15.8 Å². The zero-order valence-electron chi connectivity index (χ0n) is 11.3. The first-order chi connectivity index (χ1) is 9.10. The van der Waals surface area contributed by atoms with E-state index in [-0.39, 0.29) is 5.91 Å². The molecule has 0 heterocycles. The van der Waals surface area contributed by atoms with Gasteiger partial charge in [-0.2, -0.15) is 0 Å². The lowest BCUT2D eigenvalue weighted by molar-refractivity contribution is 0.0953. The van der Waals surface area contributed by atoms with Crippen LogP contribution in [0.4, 0.5) is 5.69 Å². The lowest BCUT2D eigenvalue weighted by atomic mass is 10.1.